The van der Waals surface area contributed by atoms with Gasteiger partial charge in [0, 0.05) is 6.42 Å². The van der Waals surface area contributed by atoms with Crippen molar-refractivity contribution < 1.29 is 9.90 Å². The van der Waals surface area contributed by atoms with Crippen LogP contribution < -0.4 is 0 Å². The first kappa shape index (κ1) is 14.7. The van der Waals surface area contributed by atoms with Gasteiger partial charge in [0.25, 0.3) is 0 Å². The van der Waals surface area contributed by atoms with E-state index in [1.165, 1.54) is 17.6 Å². The molecule has 0 amide bonds. The minimum Gasteiger partial charge on any atom is -0.390 e. The fourth-order valence-corrected chi connectivity index (χ4v) is 6.29. The summed E-state index contributed by atoms with van der Waals surface area (Å²) in [6.45, 7) is 6.74. The molecule has 0 aromatic heterocycles. The lowest BCUT2D eigenvalue weighted by molar-refractivity contribution is -0.114. The lowest BCUT2D eigenvalue weighted by Gasteiger charge is -2.53. The van der Waals surface area contributed by atoms with Crippen molar-refractivity contribution in [1.82, 2.24) is 0 Å². The number of rotatable bonds is 0. The first-order valence-electron chi connectivity index (χ1n) is 9.02. The topological polar surface area (TPSA) is 37.3 Å². The van der Waals surface area contributed by atoms with E-state index in [1.807, 2.05) is 6.08 Å². The molecule has 0 saturated heterocycles. The quantitative estimate of drug-likeness (QED) is 0.728. The molecule has 120 valence electrons. The van der Waals surface area contributed by atoms with Gasteiger partial charge >= 0.3 is 0 Å². The van der Waals surface area contributed by atoms with Crippen LogP contribution in [0.5, 0.6) is 0 Å². The van der Waals surface area contributed by atoms with Gasteiger partial charge < -0.3 is 5.11 Å². The number of allylic oxidation sites excluding steroid dienone is 4. The van der Waals surface area contributed by atoms with Crippen LogP contribution in [0.3, 0.4) is 0 Å². The van der Waals surface area contributed by atoms with Crippen LogP contribution in [0.1, 0.15) is 65.7 Å². The summed E-state index contributed by atoms with van der Waals surface area (Å²) in [5.74, 6) is 2.13. The number of ketones is 1. The Hall–Kier alpha value is -0.890. The molecule has 2 nitrogen and oxygen atoms in total. The predicted molar refractivity (Wildman–Crippen MR) is 87.3 cm³/mol. The number of hydrogen-bond acceptors (Lipinski definition) is 2. The Bertz CT molecular complexity index is 595. The molecular formula is C20H28O2. The Morgan fingerprint density at radius 2 is 1.95 bits per heavy atom. The van der Waals surface area contributed by atoms with Gasteiger partial charge in [-0.15, -0.1) is 0 Å². The fraction of sp³-hybridized carbons (Fsp3) is 0.750. The largest absolute Gasteiger partial charge is 0.390 e. The first-order valence-corrected chi connectivity index (χ1v) is 9.02. The second-order valence-corrected chi connectivity index (χ2v) is 8.66. The average molecular weight is 300 g/mol. The molecule has 4 rings (SSSR count). The van der Waals surface area contributed by atoms with Crippen LogP contribution >= 0.6 is 0 Å². The number of carbonyl (C=O) groups is 1. The normalized spacial score (nSPS) is 47.7. The van der Waals surface area contributed by atoms with E-state index in [0.29, 0.717) is 30.0 Å². The third-order valence-electron chi connectivity index (χ3n) is 7.55. The zero-order valence-electron chi connectivity index (χ0n) is 14.1. The number of hydrogen-bond donors (Lipinski definition) is 1. The molecular weight excluding hydrogens is 272 g/mol. The molecule has 5 atom stereocenters. The predicted octanol–water partition coefficient (Wildman–Crippen LogP) is 4.19. The monoisotopic (exact) mass is 300 g/mol. The van der Waals surface area contributed by atoms with Gasteiger partial charge in [0.05, 0.1) is 5.60 Å². The van der Waals surface area contributed by atoms with Crippen LogP contribution in [0.4, 0.5) is 0 Å². The van der Waals surface area contributed by atoms with E-state index in [9.17, 15) is 9.90 Å². The number of aliphatic hydroxyl groups is 1. The number of carbonyl (C=O) groups excluding carboxylic acids is 1. The molecule has 1 N–H and O–H groups in total. The van der Waals surface area contributed by atoms with Crippen molar-refractivity contribution in [3.05, 3.63) is 22.8 Å². The van der Waals surface area contributed by atoms with Crippen molar-refractivity contribution >= 4 is 5.78 Å². The Balaban J connectivity index is 1.80. The van der Waals surface area contributed by atoms with Crippen LogP contribution in [-0.2, 0) is 4.79 Å². The molecule has 0 unspecified atom stereocenters. The van der Waals surface area contributed by atoms with E-state index in [2.05, 4.69) is 20.8 Å². The van der Waals surface area contributed by atoms with Crippen molar-refractivity contribution in [3.63, 3.8) is 0 Å². The van der Waals surface area contributed by atoms with E-state index in [1.54, 1.807) is 5.57 Å². The summed E-state index contributed by atoms with van der Waals surface area (Å²) >= 11 is 0. The van der Waals surface area contributed by atoms with E-state index >= 15 is 0 Å². The summed E-state index contributed by atoms with van der Waals surface area (Å²) in [6, 6.07) is 0. The van der Waals surface area contributed by atoms with E-state index in [4.69, 9.17) is 0 Å². The molecule has 0 bridgehead atoms. The van der Waals surface area contributed by atoms with Crippen LogP contribution in [-0.4, -0.2) is 16.5 Å². The summed E-state index contributed by atoms with van der Waals surface area (Å²) in [5.41, 5.74) is 4.07. The molecule has 0 aromatic carbocycles. The second-order valence-electron chi connectivity index (χ2n) is 8.66. The zero-order valence-corrected chi connectivity index (χ0v) is 14.1. The molecule has 2 fully saturated rings. The average Bonchev–Trinajstić information content (AvgIpc) is 2.68. The summed E-state index contributed by atoms with van der Waals surface area (Å²) < 4.78 is 0. The van der Waals surface area contributed by atoms with Crippen LogP contribution in [0.25, 0.3) is 0 Å². The van der Waals surface area contributed by atoms with Gasteiger partial charge in [-0.05, 0) is 85.8 Å². The maximum Gasteiger partial charge on any atom is 0.156 e. The van der Waals surface area contributed by atoms with E-state index in [-0.39, 0.29) is 5.41 Å². The molecule has 0 aromatic rings. The molecule has 2 saturated carbocycles. The Labute approximate surface area is 133 Å². The Kier molecular flexibility index (Phi) is 3.05. The van der Waals surface area contributed by atoms with E-state index < -0.39 is 5.60 Å². The van der Waals surface area contributed by atoms with Crippen molar-refractivity contribution in [2.24, 2.45) is 23.2 Å². The highest BCUT2D eigenvalue weighted by atomic mass is 16.3. The standard InChI is InChI=1S/C20H28O2/c1-12-11-19(2)17(8-9-20(19,3)22)16-6-4-13-10-14(21)5-7-15(13)18(12)16/h10,12,16-17,22H,4-9,11H2,1-3H3/t12-,16-,17-,19-,20-/m0/s1. The highest BCUT2D eigenvalue weighted by Gasteiger charge is 2.60. The second kappa shape index (κ2) is 4.56. The summed E-state index contributed by atoms with van der Waals surface area (Å²) in [5, 5.41) is 11.0. The third kappa shape index (κ3) is 1.79. The van der Waals surface area contributed by atoms with E-state index in [0.717, 1.165) is 32.1 Å². The third-order valence-corrected chi connectivity index (χ3v) is 7.55. The summed E-state index contributed by atoms with van der Waals surface area (Å²) in [4.78, 5) is 11.7. The zero-order chi connectivity index (χ0) is 15.7. The number of fused-ring (bicyclic) bond motifs is 4. The molecule has 2 heteroatoms. The smallest absolute Gasteiger partial charge is 0.156 e. The molecule has 4 aliphatic rings. The molecule has 4 aliphatic carbocycles. The van der Waals surface area contributed by atoms with Gasteiger partial charge in [-0.2, -0.15) is 0 Å². The summed E-state index contributed by atoms with van der Waals surface area (Å²) in [6.07, 6.45) is 9.03. The van der Waals surface area contributed by atoms with Crippen molar-refractivity contribution in [2.45, 2.75) is 71.3 Å². The maximum atomic E-state index is 11.7. The highest BCUT2D eigenvalue weighted by Crippen LogP contribution is 2.64. The Morgan fingerprint density at radius 1 is 1.18 bits per heavy atom. The lowest BCUT2D eigenvalue weighted by atomic mass is 9.52. The highest BCUT2D eigenvalue weighted by molar-refractivity contribution is 5.93. The van der Waals surface area contributed by atoms with Gasteiger partial charge in [-0.25, -0.2) is 0 Å². The summed E-state index contributed by atoms with van der Waals surface area (Å²) in [7, 11) is 0. The van der Waals surface area contributed by atoms with Gasteiger partial charge in [-0.1, -0.05) is 19.4 Å². The van der Waals surface area contributed by atoms with Gasteiger partial charge in [-0.3, -0.25) is 4.79 Å². The van der Waals surface area contributed by atoms with Gasteiger partial charge in [0.1, 0.15) is 0 Å². The molecule has 0 radical (unpaired) electrons. The SMILES string of the molecule is C[C@H]1C[C@@]2(C)[C@@H](CC[C@]2(C)O)[C@@H]2CCC3=CC(=O)CCC3=C21. The first-order chi connectivity index (χ1) is 10.3. The Morgan fingerprint density at radius 3 is 2.73 bits per heavy atom. The van der Waals surface area contributed by atoms with Gasteiger partial charge in [0.15, 0.2) is 5.78 Å². The lowest BCUT2D eigenvalue weighted by Crippen LogP contribution is -2.50. The molecule has 0 spiro atoms. The van der Waals surface area contributed by atoms with Crippen molar-refractivity contribution in [2.75, 3.05) is 0 Å². The van der Waals surface area contributed by atoms with Crippen LogP contribution in [0.2, 0.25) is 0 Å². The van der Waals surface area contributed by atoms with Gasteiger partial charge in [0.2, 0.25) is 0 Å². The minimum atomic E-state index is -0.513. The van der Waals surface area contributed by atoms with Crippen LogP contribution in [0, 0.1) is 23.2 Å². The van der Waals surface area contributed by atoms with Crippen molar-refractivity contribution in [3.8, 4) is 0 Å². The minimum absolute atomic E-state index is 0.0623. The molecule has 22 heavy (non-hydrogen) atoms. The molecule has 0 heterocycles. The molecule has 0 aliphatic heterocycles. The maximum absolute atomic E-state index is 11.7. The van der Waals surface area contributed by atoms with Crippen molar-refractivity contribution in [1.29, 1.82) is 0 Å². The fourth-order valence-electron chi connectivity index (χ4n) is 6.29. The van der Waals surface area contributed by atoms with Crippen LogP contribution in [0.15, 0.2) is 22.8 Å².